The SMILES string of the molecule is N#Cc1ccc(N2CC(COc3cccc(CC(=O)O)c3)OC2=O)cc1. The second-order valence-electron chi connectivity index (χ2n) is 5.80. The van der Waals surface area contributed by atoms with Crippen molar-refractivity contribution in [3.8, 4) is 11.8 Å². The number of nitriles is 1. The molecule has 1 aliphatic rings. The number of carboxylic acid groups (broad SMARTS) is 1. The van der Waals surface area contributed by atoms with Gasteiger partial charge in [0.15, 0.2) is 6.10 Å². The van der Waals surface area contributed by atoms with Crippen molar-refractivity contribution in [3.63, 3.8) is 0 Å². The predicted octanol–water partition coefficient (Wildman–Crippen LogP) is 2.59. The number of ether oxygens (including phenoxy) is 2. The summed E-state index contributed by atoms with van der Waals surface area (Å²) in [4.78, 5) is 24.3. The molecular weight excluding hydrogens is 336 g/mol. The number of aliphatic carboxylic acids is 1. The summed E-state index contributed by atoms with van der Waals surface area (Å²) >= 11 is 0. The highest BCUT2D eigenvalue weighted by Gasteiger charge is 2.32. The van der Waals surface area contributed by atoms with Crippen LogP contribution in [0.1, 0.15) is 11.1 Å². The topological polar surface area (TPSA) is 99.9 Å². The maximum atomic E-state index is 12.0. The fraction of sp³-hybridized carbons (Fsp3) is 0.211. The first-order chi connectivity index (χ1) is 12.5. The van der Waals surface area contributed by atoms with Gasteiger partial charge in [-0.2, -0.15) is 5.26 Å². The van der Waals surface area contributed by atoms with Crippen molar-refractivity contribution in [1.82, 2.24) is 0 Å². The molecule has 2 aromatic carbocycles. The predicted molar refractivity (Wildman–Crippen MR) is 92.0 cm³/mol. The van der Waals surface area contributed by atoms with Crippen LogP contribution in [0.5, 0.6) is 5.75 Å². The van der Waals surface area contributed by atoms with Crippen LogP contribution in [0.25, 0.3) is 0 Å². The quantitative estimate of drug-likeness (QED) is 0.858. The van der Waals surface area contributed by atoms with Gasteiger partial charge in [0.25, 0.3) is 0 Å². The zero-order valence-corrected chi connectivity index (χ0v) is 13.8. The Labute approximate surface area is 150 Å². The fourth-order valence-corrected chi connectivity index (χ4v) is 2.64. The largest absolute Gasteiger partial charge is 0.490 e. The van der Waals surface area contributed by atoms with Gasteiger partial charge in [-0.1, -0.05) is 12.1 Å². The Morgan fingerprint density at radius 1 is 1.31 bits per heavy atom. The smallest absolute Gasteiger partial charge is 0.414 e. The number of carbonyl (C=O) groups excluding carboxylic acids is 1. The lowest BCUT2D eigenvalue weighted by atomic mass is 10.1. The molecule has 0 aromatic heterocycles. The van der Waals surface area contributed by atoms with Crippen LogP contribution in [-0.4, -0.2) is 36.4 Å². The van der Waals surface area contributed by atoms with E-state index >= 15 is 0 Å². The maximum absolute atomic E-state index is 12.0. The molecule has 0 saturated carbocycles. The third-order valence-corrected chi connectivity index (χ3v) is 3.87. The Morgan fingerprint density at radius 2 is 2.08 bits per heavy atom. The van der Waals surface area contributed by atoms with E-state index in [1.807, 2.05) is 6.07 Å². The minimum atomic E-state index is -0.912. The number of amides is 1. The van der Waals surface area contributed by atoms with E-state index in [4.69, 9.17) is 19.8 Å². The van der Waals surface area contributed by atoms with Crippen LogP contribution in [0.15, 0.2) is 48.5 Å². The van der Waals surface area contributed by atoms with Crippen molar-refractivity contribution in [2.24, 2.45) is 0 Å². The van der Waals surface area contributed by atoms with E-state index in [-0.39, 0.29) is 13.0 Å². The zero-order valence-electron chi connectivity index (χ0n) is 13.8. The van der Waals surface area contributed by atoms with E-state index in [1.54, 1.807) is 48.5 Å². The Morgan fingerprint density at radius 3 is 2.77 bits per heavy atom. The summed E-state index contributed by atoms with van der Waals surface area (Å²) in [5, 5.41) is 17.7. The monoisotopic (exact) mass is 352 g/mol. The average Bonchev–Trinajstić information content (AvgIpc) is 3.00. The molecule has 0 aliphatic carbocycles. The lowest BCUT2D eigenvalue weighted by Gasteiger charge is -2.13. The highest BCUT2D eigenvalue weighted by Crippen LogP contribution is 2.23. The van der Waals surface area contributed by atoms with Gasteiger partial charge < -0.3 is 14.6 Å². The first-order valence-electron chi connectivity index (χ1n) is 7.97. The molecule has 1 atom stereocenters. The second kappa shape index (κ2) is 7.57. The number of benzene rings is 2. The first-order valence-corrected chi connectivity index (χ1v) is 7.97. The highest BCUT2D eigenvalue weighted by atomic mass is 16.6. The molecule has 0 spiro atoms. The van der Waals surface area contributed by atoms with E-state index < -0.39 is 18.2 Å². The number of hydrogen-bond acceptors (Lipinski definition) is 5. The molecule has 3 rings (SSSR count). The van der Waals surface area contributed by atoms with E-state index in [0.717, 1.165) is 0 Å². The Bertz CT molecular complexity index is 857. The van der Waals surface area contributed by atoms with E-state index in [2.05, 4.69) is 0 Å². The molecule has 0 radical (unpaired) electrons. The molecule has 1 fully saturated rings. The van der Waals surface area contributed by atoms with E-state index in [1.165, 1.54) is 4.90 Å². The molecule has 26 heavy (non-hydrogen) atoms. The molecule has 7 nitrogen and oxygen atoms in total. The average molecular weight is 352 g/mol. The second-order valence-corrected chi connectivity index (χ2v) is 5.80. The van der Waals surface area contributed by atoms with Crippen LogP contribution < -0.4 is 9.64 Å². The van der Waals surface area contributed by atoms with Crippen molar-refractivity contribution in [2.45, 2.75) is 12.5 Å². The Hall–Kier alpha value is -3.53. The van der Waals surface area contributed by atoms with Crippen molar-refractivity contribution in [1.29, 1.82) is 5.26 Å². The van der Waals surface area contributed by atoms with Crippen LogP contribution in [0, 0.1) is 11.3 Å². The van der Waals surface area contributed by atoms with Gasteiger partial charge in [-0.25, -0.2) is 4.79 Å². The Balaban J connectivity index is 1.59. The molecule has 1 N–H and O–H groups in total. The molecular formula is C19H16N2O5. The lowest BCUT2D eigenvalue weighted by Crippen LogP contribution is -2.26. The number of carbonyl (C=O) groups is 2. The number of hydrogen-bond donors (Lipinski definition) is 1. The standard InChI is InChI=1S/C19H16N2O5/c20-10-13-4-6-15(7-5-13)21-11-17(26-19(21)24)12-25-16-3-1-2-14(8-16)9-18(22)23/h1-8,17H,9,11-12H2,(H,22,23). The summed E-state index contributed by atoms with van der Waals surface area (Å²) in [5.74, 6) is -0.387. The van der Waals surface area contributed by atoms with Gasteiger partial charge in [-0.05, 0) is 42.0 Å². The summed E-state index contributed by atoms with van der Waals surface area (Å²) in [6.45, 7) is 0.495. The number of anilines is 1. The van der Waals surface area contributed by atoms with Gasteiger partial charge in [0.1, 0.15) is 12.4 Å². The summed E-state index contributed by atoms with van der Waals surface area (Å²) < 4.78 is 10.9. The van der Waals surface area contributed by atoms with Crippen LogP contribution in [0.2, 0.25) is 0 Å². The normalized spacial score (nSPS) is 16.0. The van der Waals surface area contributed by atoms with E-state index in [0.29, 0.717) is 29.1 Å². The fourth-order valence-electron chi connectivity index (χ4n) is 2.64. The van der Waals surface area contributed by atoms with Crippen LogP contribution >= 0.6 is 0 Å². The number of nitrogens with zero attached hydrogens (tertiary/aromatic N) is 2. The molecule has 1 heterocycles. The van der Waals surface area contributed by atoms with Gasteiger partial charge in [0.2, 0.25) is 0 Å². The molecule has 7 heteroatoms. The van der Waals surface area contributed by atoms with Crippen molar-refractivity contribution >= 4 is 17.7 Å². The number of rotatable bonds is 6. The zero-order chi connectivity index (χ0) is 18.5. The molecule has 1 unspecified atom stereocenters. The first kappa shape index (κ1) is 17.3. The summed E-state index contributed by atoms with van der Waals surface area (Å²) in [7, 11) is 0. The summed E-state index contributed by atoms with van der Waals surface area (Å²) in [5.41, 5.74) is 1.81. The number of carboxylic acids is 1. The van der Waals surface area contributed by atoms with Crippen LogP contribution in [-0.2, 0) is 16.0 Å². The highest BCUT2D eigenvalue weighted by molar-refractivity contribution is 5.89. The minimum absolute atomic E-state index is 0.0813. The molecule has 1 aliphatic heterocycles. The van der Waals surface area contributed by atoms with Gasteiger partial charge in [0.05, 0.1) is 24.6 Å². The van der Waals surface area contributed by atoms with Gasteiger partial charge in [-0.3, -0.25) is 9.69 Å². The van der Waals surface area contributed by atoms with Crippen molar-refractivity contribution < 1.29 is 24.2 Å². The van der Waals surface area contributed by atoms with Crippen LogP contribution in [0.4, 0.5) is 10.5 Å². The summed E-state index contributed by atoms with van der Waals surface area (Å²) in [6, 6.07) is 15.5. The van der Waals surface area contributed by atoms with Crippen molar-refractivity contribution in [2.75, 3.05) is 18.1 Å². The van der Waals surface area contributed by atoms with Crippen LogP contribution in [0.3, 0.4) is 0 Å². The van der Waals surface area contributed by atoms with E-state index in [9.17, 15) is 9.59 Å². The molecule has 1 amide bonds. The maximum Gasteiger partial charge on any atom is 0.414 e. The lowest BCUT2D eigenvalue weighted by molar-refractivity contribution is -0.136. The molecule has 132 valence electrons. The third-order valence-electron chi connectivity index (χ3n) is 3.87. The van der Waals surface area contributed by atoms with Gasteiger partial charge >= 0.3 is 12.1 Å². The number of cyclic esters (lactones) is 1. The minimum Gasteiger partial charge on any atom is -0.490 e. The molecule has 1 saturated heterocycles. The van der Waals surface area contributed by atoms with Gasteiger partial charge in [-0.15, -0.1) is 0 Å². The third kappa shape index (κ3) is 4.11. The van der Waals surface area contributed by atoms with Crippen molar-refractivity contribution in [3.05, 3.63) is 59.7 Å². The summed E-state index contributed by atoms with van der Waals surface area (Å²) in [6.07, 6.45) is -0.994. The molecule has 2 aromatic rings. The molecule has 0 bridgehead atoms. The van der Waals surface area contributed by atoms with Gasteiger partial charge in [0, 0.05) is 5.69 Å². The Kier molecular flexibility index (Phi) is 5.04.